The number of nitrogens with zero attached hydrogens (tertiary/aromatic N) is 3. The van der Waals surface area contributed by atoms with Crippen molar-refractivity contribution in [2.75, 3.05) is 26.7 Å². The molecule has 1 aliphatic carbocycles. The molecular formula is C40H57N3O7. The fraction of sp³-hybridized carbons (Fsp3) is 0.650. The van der Waals surface area contributed by atoms with Gasteiger partial charge in [0.05, 0.1) is 24.0 Å². The molecule has 1 aromatic rings. The van der Waals surface area contributed by atoms with Crippen molar-refractivity contribution in [2.24, 2.45) is 11.8 Å². The average molecular weight is 692 g/mol. The molecule has 50 heavy (non-hydrogen) atoms. The molecule has 1 aromatic carbocycles. The molecule has 10 nitrogen and oxygen atoms in total. The molecule has 7 atom stereocenters. The van der Waals surface area contributed by atoms with Gasteiger partial charge in [-0.2, -0.15) is 0 Å². The van der Waals surface area contributed by atoms with Crippen molar-refractivity contribution in [2.45, 2.75) is 126 Å². The number of likely N-dealkylation sites (N-methyl/N-ethyl adjacent to an activating group) is 1. The van der Waals surface area contributed by atoms with Crippen molar-refractivity contribution in [1.82, 2.24) is 14.7 Å². The van der Waals surface area contributed by atoms with Gasteiger partial charge in [0.15, 0.2) is 0 Å². The summed E-state index contributed by atoms with van der Waals surface area (Å²) in [7, 11) is 1.71. The normalized spacial score (nSPS) is 27.0. The van der Waals surface area contributed by atoms with E-state index >= 15 is 0 Å². The second kappa shape index (κ2) is 17.1. The summed E-state index contributed by atoms with van der Waals surface area (Å²) in [6, 6.07) is 8.13. The van der Waals surface area contributed by atoms with E-state index in [9.17, 15) is 24.3 Å². The Kier molecular flexibility index (Phi) is 12.9. The number of hydrogen-bond acceptors (Lipinski definition) is 7. The third-order valence-electron chi connectivity index (χ3n) is 11.6. The number of rotatable bonds is 18. The van der Waals surface area contributed by atoms with Gasteiger partial charge in [-0.25, -0.2) is 0 Å². The van der Waals surface area contributed by atoms with Crippen molar-refractivity contribution in [3.8, 4) is 0 Å². The first kappa shape index (κ1) is 37.7. The summed E-state index contributed by atoms with van der Waals surface area (Å²) in [5.41, 5.74) is -0.370. The van der Waals surface area contributed by atoms with Crippen LogP contribution in [0.3, 0.4) is 0 Å². The number of amides is 3. The molecule has 3 saturated heterocycles. The van der Waals surface area contributed by atoms with Crippen molar-refractivity contribution in [1.29, 1.82) is 0 Å². The maximum Gasteiger partial charge on any atom is 0.313 e. The number of hydrogen-bond donors (Lipinski definition) is 1. The van der Waals surface area contributed by atoms with Crippen LogP contribution in [0.5, 0.6) is 0 Å². The van der Waals surface area contributed by atoms with E-state index in [1.165, 1.54) is 0 Å². The van der Waals surface area contributed by atoms with Gasteiger partial charge in [-0.15, -0.1) is 13.2 Å². The lowest BCUT2D eigenvalue weighted by Gasteiger charge is -2.40. The van der Waals surface area contributed by atoms with E-state index in [1.54, 1.807) is 29.0 Å². The van der Waals surface area contributed by atoms with Gasteiger partial charge in [-0.1, -0.05) is 74.6 Å². The Balaban J connectivity index is 1.45. The van der Waals surface area contributed by atoms with E-state index < -0.39 is 47.7 Å². The smallest absolute Gasteiger partial charge is 0.313 e. The minimum Gasteiger partial charge on any atom is -0.455 e. The third kappa shape index (κ3) is 7.57. The molecule has 0 aromatic heterocycles. The molecule has 3 aliphatic heterocycles. The fourth-order valence-electron chi connectivity index (χ4n) is 8.92. The van der Waals surface area contributed by atoms with Crippen LogP contribution in [-0.2, 0) is 28.7 Å². The van der Waals surface area contributed by atoms with Crippen molar-refractivity contribution in [3.63, 3.8) is 0 Å². The van der Waals surface area contributed by atoms with Crippen LogP contribution in [0.25, 0.3) is 0 Å². The van der Waals surface area contributed by atoms with Gasteiger partial charge in [0.1, 0.15) is 17.7 Å². The third-order valence-corrected chi connectivity index (χ3v) is 11.6. The maximum atomic E-state index is 14.8. The quantitative estimate of drug-likeness (QED) is 0.125. The van der Waals surface area contributed by atoms with Crippen LogP contribution in [0.15, 0.2) is 55.6 Å². The summed E-state index contributed by atoms with van der Waals surface area (Å²) >= 11 is 0. The summed E-state index contributed by atoms with van der Waals surface area (Å²) in [4.78, 5) is 62.1. The van der Waals surface area contributed by atoms with Gasteiger partial charge >= 0.3 is 5.97 Å². The molecule has 2 bridgehead atoms. The highest BCUT2D eigenvalue weighted by Crippen LogP contribution is 2.59. The Labute approximate surface area is 297 Å². The van der Waals surface area contributed by atoms with E-state index in [0.717, 1.165) is 50.5 Å². The number of carbonyl (C=O) groups excluding carboxylic acids is 4. The molecule has 1 N–H and O–H groups in total. The van der Waals surface area contributed by atoms with Crippen LogP contribution in [0, 0.1) is 11.8 Å². The van der Waals surface area contributed by atoms with Crippen LogP contribution in [0.4, 0.5) is 0 Å². The monoisotopic (exact) mass is 691 g/mol. The number of aliphatic hydroxyl groups is 1. The van der Waals surface area contributed by atoms with E-state index in [-0.39, 0.29) is 30.4 Å². The highest BCUT2D eigenvalue weighted by Gasteiger charge is 2.75. The van der Waals surface area contributed by atoms with Gasteiger partial charge in [-0.3, -0.25) is 19.2 Å². The molecule has 3 amide bonds. The molecule has 274 valence electrons. The zero-order valence-electron chi connectivity index (χ0n) is 30.0. The highest BCUT2D eigenvalue weighted by atomic mass is 16.6. The predicted octanol–water partition coefficient (Wildman–Crippen LogP) is 5.36. The van der Waals surface area contributed by atoms with Crippen LogP contribution < -0.4 is 0 Å². The lowest BCUT2D eigenvalue weighted by molar-refractivity contribution is -0.164. The molecule has 4 aliphatic rings. The van der Waals surface area contributed by atoms with E-state index in [0.29, 0.717) is 51.6 Å². The summed E-state index contributed by atoms with van der Waals surface area (Å²) in [6.07, 6.45) is 12.2. The number of esters is 1. The van der Waals surface area contributed by atoms with Gasteiger partial charge in [0.2, 0.25) is 17.7 Å². The van der Waals surface area contributed by atoms with Gasteiger partial charge in [0.25, 0.3) is 0 Å². The zero-order chi connectivity index (χ0) is 35.8. The van der Waals surface area contributed by atoms with E-state index in [2.05, 4.69) is 13.2 Å². The molecule has 4 fully saturated rings. The standard InChI is InChI=1S/C40H57N3O7/c1-5-7-22-32(45)41(4)28(3)35(29-18-12-10-13-19-29)49-39(48)33-31-23-24-40(50-31)34(33)37(46)43(26-16-8-9-17-27-44)36(40)38(47)42(25-6-2)30-20-14-11-15-21-30/h5-6,10,12-13,18-19,28,30-31,33-36,44H,1-2,7-9,11,14-17,20-27H2,3-4H3/t28-,31-,33+,34+,35+,36-,40+/m1/s1. The topological polar surface area (TPSA) is 117 Å². The van der Waals surface area contributed by atoms with Crippen LogP contribution in [-0.4, -0.2) is 100 Å². The number of unbranched alkanes of at least 4 members (excludes halogenated alkanes) is 3. The zero-order valence-corrected chi connectivity index (χ0v) is 30.0. The highest BCUT2D eigenvalue weighted by molar-refractivity contribution is 5.98. The SMILES string of the molecule is C=CCCC(=O)N(C)[C@H](C)[C@H](OC(=O)[C@@H]1[C@H]2C(=O)N(CCCCCCO)[C@H](C(=O)N(CC=C)C3CCCCC3)[C@]23CC[C@H]1O3)c1ccccc1. The summed E-state index contributed by atoms with van der Waals surface area (Å²) in [5.74, 6) is -2.66. The molecule has 3 heterocycles. The second-order valence-corrected chi connectivity index (χ2v) is 14.6. The minimum absolute atomic E-state index is 0.0740. The minimum atomic E-state index is -1.12. The first-order valence-corrected chi connectivity index (χ1v) is 18.8. The molecule has 1 saturated carbocycles. The molecule has 10 heteroatoms. The Morgan fingerprint density at radius 3 is 2.46 bits per heavy atom. The number of likely N-dealkylation sites (tertiary alicyclic amines) is 1. The molecule has 1 spiro atoms. The molecule has 5 rings (SSSR count). The molecule has 0 unspecified atom stereocenters. The van der Waals surface area contributed by atoms with Crippen LogP contribution in [0.1, 0.15) is 102 Å². The molecular weight excluding hydrogens is 634 g/mol. The first-order valence-electron chi connectivity index (χ1n) is 18.8. The van der Waals surface area contributed by atoms with E-state index in [4.69, 9.17) is 9.47 Å². The van der Waals surface area contributed by atoms with Crippen molar-refractivity contribution >= 4 is 23.7 Å². The van der Waals surface area contributed by atoms with Gasteiger partial charge in [-0.05, 0) is 57.4 Å². The van der Waals surface area contributed by atoms with Crippen LogP contribution in [0.2, 0.25) is 0 Å². The van der Waals surface area contributed by atoms with Crippen molar-refractivity contribution in [3.05, 3.63) is 61.2 Å². The average Bonchev–Trinajstić information content (AvgIpc) is 3.78. The largest absolute Gasteiger partial charge is 0.455 e. The fourth-order valence-corrected chi connectivity index (χ4v) is 8.92. The Morgan fingerprint density at radius 2 is 1.78 bits per heavy atom. The number of benzene rings is 1. The van der Waals surface area contributed by atoms with Crippen LogP contribution >= 0.6 is 0 Å². The summed E-state index contributed by atoms with van der Waals surface area (Å²) in [6.45, 7) is 10.4. The van der Waals surface area contributed by atoms with Gasteiger partial charge < -0.3 is 29.3 Å². The van der Waals surface area contributed by atoms with Gasteiger partial charge in [0, 0.05) is 39.2 Å². The summed E-state index contributed by atoms with van der Waals surface area (Å²) < 4.78 is 13.1. The lowest BCUT2D eigenvalue weighted by atomic mass is 9.70. The number of allylic oxidation sites excluding steroid dienone is 1. The molecule has 0 radical (unpaired) electrons. The number of fused-ring (bicyclic) bond motifs is 1. The predicted molar refractivity (Wildman–Crippen MR) is 191 cm³/mol. The number of ether oxygens (including phenoxy) is 2. The lowest BCUT2D eigenvalue weighted by Crippen LogP contribution is -2.58. The number of aliphatic hydroxyl groups excluding tert-OH is 1. The summed E-state index contributed by atoms with van der Waals surface area (Å²) in [5, 5.41) is 9.29. The van der Waals surface area contributed by atoms with E-state index in [1.807, 2.05) is 42.2 Å². The Morgan fingerprint density at radius 1 is 1.06 bits per heavy atom. The Bertz CT molecular complexity index is 1360. The maximum absolute atomic E-state index is 14.8. The number of carbonyl (C=O) groups is 4. The Hall–Kier alpha value is -3.50. The first-order chi connectivity index (χ1) is 24.2. The second-order valence-electron chi connectivity index (χ2n) is 14.6. The van der Waals surface area contributed by atoms with Crippen molar-refractivity contribution < 1.29 is 33.8 Å².